The molecule has 1 unspecified atom stereocenters. The molecule has 0 saturated heterocycles. The highest BCUT2D eigenvalue weighted by atomic mass is 16.6. The molecule has 94 valence electrons. The Balaban J connectivity index is 2.92. The summed E-state index contributed by atoms with van der Waals surface area (Å²) in [6.07, 6.45) is 5.11. The van der Waals surface area contributed by atoms with E-state index in [0.717, 1.165) is 0 Å². The van der Waals surface area contributed by atoms with Crippen LogP contribution in [0.1, 0.15) is 12.0 Å². The summed E-state index contributed by atoms with van der Waals surface area (Å²) in [6, 6.07) is 3.39. The van der Waals surface area contributed by atoms with Crippen molar-refractivity contribution >= 4 is 17.3 Å². The molecule has 0 aliphatic heterocycles. The predicted octanol–water partition coefficient (Wildman–Crippen LogP) is 1.79. The van der Waals surface area contributed by atoms with Crippen molar-refractivity contribution in [3.05, 3.63) is 33.9 Å². The quantitative estimate of drug-likeness (QED) is 0.471. The van der Waals surface area contributed by atoms with Crippen molar-refractivity contribution in [3.8, 4) is 12.3 Å². The van der Waals surface area contributed by atoms with Crippen LogP contribution in [0, 0.1) is 29.4 Å². The molecule has 1 rings (SSSR count). The van der Waals surface area contributed by atoms with Gasteiger partial charge in [-0.3, -0.25) is 10.1 Å². The van der Waals surface area contributed by atoms with Gasteiger partial charge in [0.05, 0.1) is 4.92 Å². The molecular weight excluding hydrogens is 236 g/mol. The van der Waals surface area contributed by atoms with E-state index in [0.29, 0.717) is 11.3 Å². The van der Waals surface area contributed by atoms with Crippen LogP contribution in [0.15, 0.2) is 18.2 Å². The number of nitrogens with one attached hydrogen (secondary N) is 1. The largest absolute Gasteiger partial charge is 0.480 e. The molecule has 6 heteroatoms. The molecule has 0 heterocycles. The molecule has 0 aliphatic rings. The van der Waals surface area contributed by atoms with Crippen molar-refractivity contribution in [3.63, 3.8) is 0 Å². The minimum absolute atomic E-state index is 0.00984. The lowest BCUT2D eigenvalue weighted by molar-refractivity contribution is -0.385. The second-order valence-electron chi connectivity index (χ2n) is 3.70. The summed E-state index contributed by atoms with van der Waals surface area (Å²) in [4.78, 5) is 21.0. The minimum atomic E-state index is -1.07. The average molecular weight is 248 g/mol. The van der Waals surface area contributed by atoms with Crippen LogP contribution in [-0.4, -0.2) is 22.0 Å². The zero-order valence-electron chi connectivity index (χ0n) is 9.71. The number of carboxylic acids is 1. The number of carboxylic acid groups (broad SMARTS) is 1. The first-order chi connectivity index (χ1) is 8.45. The van der Waals surface area contributed by atoms with Gasteiger partial charge in [-0.1, -0.05) is 0 Å². The number of rotatable bonds is 5. The van der Waals surface area contributed by atoms with E-state index in [1.54, 1.807) is 6.92 Å². The Morgan fingerprint density at radius 2 is 2.33 bits per heavy atom. The van der Waals surface area contributed by atoms with Gasteiger partial charge < -0.3 is 10.4 Å². The summed E-state index contributed by atoms with van der Waals surface area (Å²) < 4.78 is 0. The topological polar surface area (TPSA) is 92.5 Å². The lowest BCUT2D eigenvalue weighted by Gasteiger charge is -2.13. The van der Waals surface area contributed by atoms with E-state index in [9.17, 15) is 14.9 Å². The number of aryl methyl sites for hydroxylation is 1. The minimum Gasteiger partial charge on any atom is -0.480 e. The Labute approximate surface area is 104 Å². The molecule has 0 spiro atoms. The number of nitro benzene ring substituents is 1. The highest BCUT2D eigenvalue weighted by molar-refractivity contribution is 5.78. The SMILES string of the molecule is C#CCC(Nc1ccc([N+](=O)[O-])c(C)c1)C(=O)O. The van der Waals surface area contributed by atoms with Crippen molar-refractivity contribution in [2.75, 3.05) is 5.32 Å². The standard InChI is InChI=1S/C12H12N2O4/c1-3-4-10(12(15)16)13-9-5-6-11(14(17)18)8(2)7-9/h1,5-7,10,13H,4H2,2H3,(H,15,16). The number of benzene rings is 1. The van der Waals surface area contributed by atoms with Gasteiger partial charge >= 0.3 is 5.97 Å². The van der Waals surface area contributed by atoms with Gasteiger partial charge in [-0.2, -0.15) is 0 Å². The fourth-order valence-corrected chi connectivity index (χ4v) is 1.47. The summed E-state index contributed by atoms with van der Waals surface area (Å²) in [7, 11) is 0. The van der Waals surface area contributed by atoms with Crippen molar-refractivity contribution in [2.45, 2.75) is 19.4 Å². The Kier molecular flexibility index (Phi) is 4.27. The third kappa shape index (κ3) is 3.22. The van der Waals surface area contributed by atoms with Crippen LogP contribution >= 0.6 is 0 Å². The van der Waals surface area contributed by atoms with Crippen LogP contribution in [-0.2, 0) is 4.79 Å². The monoisotopic (exact) mass is 248 g/mol. The fraction of sp³-hybridized carbons (Fsp3) is 0.250. The van der Waals surface area contributed by atoms with Crippen LogP contribution < -0.4 is 5.32 Å². The Morgan fingerprint density at radius 1 is 1.67 bits per heavy atom. The summed E-state index contributed by atoms with van der Waals surface area (Å²) in [5.41, 5.74) is 0.931. The number of hydrogen-bond donors (Lipinski definition) is 2. The van der Waals surface area contributed by atoms with E-state index in [2.05, 4.69) is 11.2 Å². The van der Waals surface area contributed by atoms with Crippen LogP contribution in [0.4, 0.5) is 11.4 Å². The van der Waals surface area contributed by atoms with Crippen LogP contribution in [0.3, 0.4) is 0 Å². The predicted molar refractivity (Wildman–Crippen MR) is 66.3 cm³/mol. The van der Waals surface area contributed by atoms with Crippen molar-refractivity contribution < 1.29 is 14.8 Å². The maximum atomic E-state index is 10.9. The third-order valence-electron chi connectivity index (χ3n) is 2.35. The van der Waals surface area contributed by atoms with E-state index in [1.807, 2.05) is 0 Å². The zero-order chi connectivity index (χ0) is 13.7. The van der Waals surface area contributed by atoms with Gasteiger partial charge in [-0.25, -0.2) is 4.79 Å². The summed E-state index contributed by atoms with van der Waals surface area (Å²) in [5.74, 6) is 1.20. The molecule has 0 radical (unpaired) electrons. The van der Waals surface area contributed by atoms with Gasteiger partial charge in [0.1, 0.15) is 6.04 Å². The molecule has 0 fully saturated rings. The number of nitro groups is 1. The van der Waals surface area contributed by atoms with Gasteiger partial charge in [-0.15, -0.1) is 12.3 Å². The summed E-state index contributed by atoms with van der Waals surface area (Å²) in [6.45, 7) is 1.58. The fourth-order valence-electron chi connectivity index (χ4n) is 1.47. The second kappa shape index (κ2) is 5.68. The Hall–Kier alpha value is -2.55. The maximum Gasteiger partial charge on any atom is 0.327 e. The van der Waals surface area contributed by atoms with E-state index in [-0.39, 0.29) is 12.1 Å². The third-order valence-corrected chi connectivity index (χ3v) is 2.35. The summed E-state index contributed by atoms with van der Waals surface area (Å²) >= 11 is 0. The first-order valence-corrected chi connectivity index (χ1v) is 5.13. The van der Waals surface area contributed by atoms with Gasteiger partial charge in [0, 0.05) is 23.7 Å². The number of carbonyl (C=O) groups is 1. The highest BCUT2D eigenvalue weighted by Crippen LogP contribution is 2.22. The van der Waals surface area contributed by atoms with E-state index >= 15 is 0 Å². The molecular formula is C12H12N2O4. The first-order valence-electron chi connectivity index (χ1n) is 5.13. The van der Waals surface area contributed by atoms with Gasteiger partial charge in [0.2, 0.25) is 0 Å². The normalized spacial score (nSPS) is 11.3. The number of nitrogens with zero attached hydrogens (tertiary/aromatic N) is 1. The lowest BCUT2D eigenvalue weighted by Crippen LogP contribution is -2.28. The Morgan fingerprint density at radius 3 is 2.78 bits per heavy atom. The van der Waals surface area contributed by atoms with Gasteiger partial charge in [0.15, 0.2) is 0 Å². The lowest BCUT2D eigenvalue weighted by atomic mass is 10.1. The number of anilines is 1. The molecule has 0 bridgehead atoms. The smallest absolute Gasteiger partial charge is 0.327 e. The number of hydrogen-bond acceptors (Lipinski definition) is 4. The molecule has 1 atom stereocenters. The number of aliphatic carboxylic acids is 1. The summed E-state index contributed by atoms with van der Waals surface area (Å²) in [5, 5.41) is 22.3. The molecule has 0 aliphatic carbocycles. The maximum absolute atomic E-state index is 10.9. The van der Waals surface area contributed by atoms with E-state index in [4.69, 9.17) is 11.5 Å². The van der Waals surface area contributed by atoms with Gasteiger partial charge in [-0.05, 0) is 19.1 Å². The molecule has 0 amide bonds. The van der Waals surface area contributed by atoms with Crippen LogP contribution in [0.2, 0.25) is 0 Å². The average Bonchev–Trinajstić information content (AvgIpc) is 2.27. The van der Waals surface area contributed by atoms with Gasteiger partial charge in [0.25, 0.3) is 5.69 Å². The first kappa shape index (κ1) is 13.5. The Bertz CT molecular complexity index is 519. The van der Waals surface area contributed by atoms with E-state index in [1.165, 1.54) is 18.2 Å². The second-order valence-corrected chi connectivity index (χ2v) is 3.70. The molecule has 0 aromatic heterocycles. The van der Waals surface area contributed by atoms with Crippen molar-refractivity contribution in [2.24, 2.45) is 0 Å². The van der Waals surface area contributed by atoms with Crippen molar-refractivity contribution in [1.82, 2.24) is 0 Å². The van der Waals surface area contributed by atoms with Crippen LogP contribution in [0.25, 0.3) is 0 Å². The zero-order valence-corrected chi connectivity index (χ0v) is 9.71. The highest BCUT2D eigenvalue weighted by Gasteiger charge is 2.17. The number of terminal acetylenes is 1. The molecule has 2 N–H and O–H groups in total. The van der Waals surface area contributed by atoms with Crippen LogP contribution in [0.5, 0.6) is 0 Å². The molecule has 1 aromatic carbocycles. The van der Waals surface area contributed by atoms with Crippen molar-refractivity contribution in [1.29, 1.82) is 0 Å². The molecule has 1 aromatic rings. The molecule has 18 heavy (non-hydrogen) atoms. The molecule has 6 nitrogen and oxygen atoms in total. The molecule has 0 saturated carbocycles. The van der Waals surface area contributed by atoms with E-state index < -0.39 is 16.9 Å².